The lowest BCUT2D eigenvalue weighted by Crippen LogP contribution is -2.23. The van der Waals surface area contributed by atoms with Crippen molar-refractivity contribution in [3.05, 3.63) is 65.2 Å². The first-order valence-corrected chi connectivity index (χ1v) is 9.78. The third kappa shape index (κ3) is 5.09. The van der Waals surface area contributed by atoms with Gasteiger partial charge in [-0.05, 0) is 74.5 Å². The highest BCUT2D eigenvalue weighted by atomic mass is 16.5. The fourth-order valence-electron chi connectivity index (χ4n) is 3.74. The number of aryl methyl sites for hydroxylation is 2. The largest absolute Gasteiger partial charge is 0.486 e. The Balaban J connectivity index is 1.73. The number of hydrogen-bond donors (Lipinski definition) is 0. The van der Waals surface area contributed by atoms with Gasteiger partial charge in [-0.25, -0.2) is 0 Å². The first-order chi connectivity index (χ1) is 12.3. The Labute approximate surface area is 152 Å². The van der Waals surface area contributed by atoms with Gasteiger partial charge < -0.3 is 9.64 Å². The van der Waals surface area contributed by atoms with Crippen molar-refractivity contribution in [1.82, 2.24) is 4.90 Å². The van der Waals surface area contributed by atoms with Gasteiger partial charge in [0.2, 0.25) is 0 Å². The lowest BCUT2D eigenvalue weighted by atomic mass is 9.92. The van der Waals surface area contributed by atoms with Crippen molar-refractivity contribution >= 4 is 0 Å². The molecule has 0 fully saturated rings. The molecule has 2 aromatic rings. The molecule has 1 unspecified atom stereocenters. The van der Waals surface area contributed by atoms with Gasteiger partial charge >= 0.3 is 0 Å². The summed E-state index contributed by atoms with van der Waals surface area (Å²) in [5.41, 5.74) is 4.27. The van der Waals surface area contributed by atoms with Crippen molar-refractivity contribution in [3.63, 3.8) is 0 Å². The normalized spacial score (nSPS) is 15.0. The smallest absolute Gasteiger partial charge is 0.125 e. The zero-order chi connectivity index (χ0) is 17.5. The number of ether oxygens (including phenoxy) is 1. The Morgan fingerprint density at radius 1 is 0.960 bits per heavy atom. The topological polar surface area (TPSA) is 12.5 Å². The van der Waals surface area contributed by atoms with E-state index in [9.17, 15) is 0 Å². The van der Waals surface area contributed by atoms with E-state index in [1.165, 1.54) is 48.8 Å². The molecule has 2 nitrogen and oxygen atoms in total. The minimum absolute atomic E-state index is 0.113. The van der Waals surface area contributed by atoms with Crippen LogP contribution in [-0.4, -0.2) is 25.0 Å². The number of benzene rings is 2. The zero-order valence-electron chi connectivity index (χ0n) is 15.7. The van der Waals surface area contributed by atoms with Crippen molar-refractivity contribution in [2.45, 2.75) is 51.6 Å². The molecular weight excluding hydrogens is 306 g/mol. The van der Waals surface area contributed by atoms with E-state index in [-0.39, 0.29) is 6.10 Å². The van der Waals surface area contributed by atoms with Gasteiger partial charge in [0, 0.05) is 13.0 Å². The van der Waals surface area contributed by atoms with Crippen LogP contribution < -0.4 is 4.74 Å². The van der Waals surface area contributed by atoms with Gasteiger partial charge in [-0.2, -0.15) is 0 Å². The van der Waals surface area contributed by atoms with Crippen LogP contribution in [0.1, 0.15) is 55.4 Å². The van der Waals surface area contributed by atoms with E-state index in [0.29, 0.717) is 0 Å². The van der Waals surface area contributed by atoms with Crippen LogP contribution in [0, 0.1) is 0 Å². The third-order valence-corrected chi connectivity index (χ3v) is 5.15. The Hall–Kier alpha value is -1.80. The van der Waals surface area contributed by atoms with Crippen molar-refractivity contribution in [2.24, 2.45) is 0 Å². The number of rotatable bonds is 8. The van der Waals surface area contributed by atoms with Crippen LogP contribution in [0.5, 0.6) is 5.75 Å². The standard InChI is InChI=1S/C23H31NO/c1-3-16-24(2)17-15-23(20-10-5-4-6-11-20)25-22-14-13-19-9-7-8-12-21(19)18-22/h4-6,10-11,13-14,18,23H,3,7-9,12,15-17H2,1-2H3. The SMILES string of the molecule is CCCN(C)CCC(Oc1ccc2c(c1)CCCC2)c1ccccc1. The van der Waals surface area contributed by atoms with E-state index in [1.54, 1.807) is 0 Å². The van der Waals surface area contributed by atoms with Crippen LogP contribution in [0.4, 0.5) is 0 Å². The Bertz CT molecular complexity index is 652. The minimum atomic E-state index is 0.113. The molecule has 0 saturated heterocycles. The lowest BCUT2D eigenvalue weighted by Gasteiger charge is -2.24. The first kappa shape index (κ1) is 18.0. The summed E-state index contributed by atoms with van der Waals surface area (Å²) >= 11 is 0. The molecule has 1 atom stereocenters. The van der Waals surface area contributed by atoms with Crippen molar-refractivity contribution in [1.29, 1.82) is 0 Å². The second-order valence-corrected chi connectivity index (χ2v) is 7.25. The van der Waals surface area contributed by atoms with Gasteiger partial charge in [-0.3, -0.25) is 0 Å². The number of nitrogens with zero attached hydrogens (tertiary/aromatic N) is 1. The molecule has 134 valence electrons. The molecule has 0 radical (unpaired) electrons. The third-order valence-electron chi connectivity index (χ3n) is 5.15. The van der Waals surface area contributed by atoms with Gasteiger partial charge in [0.05, 0.1) is 0 Å². The van der Waals surface area contributed by atoms with E-state index in [1.807, 2.05) is 0 Å². The van der Waals surface area contributed by atoms with Crippen LogP contribution in [0.25, 0.3) is 0 Å². The van der Waals surface area contributed by atoms with Crippen LogP contribution in [0.15, 0.2) is 48.5 Å². The number of fused-ring (bicyclic) bond motifs is 1. The van der Waals surface area contributed by atoms with Gasteiger partial charge in [-0.1, -0.05) is 43.3 Å². The summed E-state index contributed by atoms with van der Waals surface area (Å²) in [5, 5.41) is 0. The molecule has 0 heterocycles. The quantitative estimate of drug-likeness (QED) is 0.638. The Morgan fingerprint density at radius 2 is 1.72 bits per heavy atom. The summed E-state index contributed by atoms with van der Waals surface area (Å²) in [4.78, 5) is 2.39. The fourth-order valence-corrected chi connectivity index (χ4v) is 3.74. The molecule has 1 aliphatic carbocycles. The van der Waals surface area contributed by atoms with Gasteiger partial charge in [-0.15, -0.1) is 0 Å². The van der Waals surface area contributed by atoms with E-state index < -0.39 is 0 Å². The summed E-state index contributed by atoms with van der Waals surface area (Å²) in [6.07, 6.45) is 7.36. The molecule has 0 spiro atoms. The monoisotopic (exact) mass is 337 g/mol. The van der Waals surface area contributed by atoms with Crippen LogP contribution in [0.3, 0.4) is 0 Å². The Morgan fingerprint density at radius 3 is 2.48 bits per heavy atom. The maximum Gasteiger partial charge on any atom is 0.125 e. The predicted molar refractivity (Wildman–Crippen MR) is 105 cm³/mol. The maximum atomic E-state index is 6.47. The van der Waals surface area contributed by atoms with Gasteiger partial charge in [0.25, 0.3) is 0 Å². The van der Waals surface area contributed by atoms with E-state index in [0.717, 1.165) is 25.3 Å². The van der Waals surface area contributed by atoms with Crippen molar-refractivity contribution in [2.75, 3.05) is 20.1 Å². The highest BCUT2D eigenvalue weighted by Crippen LogP contribution is 2.29. The van der Waals surface area contributed by atoms with Crippen molar-refractivity contribution < 1.29 is 4.74 Å². The van der Waals surface area contributed by atoms with Crippen molar-refractivity contribution in [3.8, 4) is 5.75 Å². The predicted octanol–water partition coefficient (Wildman–Crippen LogP) is 5.42. The first-order valence-electron chi connectivity index (χ1n) is 9.78. The molecular formula is C23H31NO. The summed E-state index contributed by atoms with van der Waals surface area (Å²) in [5.74, 6) is 1.02. The molecule has 25 heavy (non-hydrogen) atoms. The second-order valence-electron chi connectivity index (χ2n) is 7.25. The summed E-state index contributed by atoms with van der Waals surface area (Å²) in [6, 6.07) is 17.4. The van der Waals surface area contributed by atoms with Gasteiger partial charge in [0.1, 0.15) is 11.9 Å². The molecule has 1 aliphatic rings. The Kier molecular flexibility index (Phi) is 6.52. The number of hydrogen-bond acceptors (Lipinski definition) is 2. The fraction of sp³-hybridized carbons (Fsp3) is 0.478. The molecule has 0 bridgehead atoms. The van der Waals surface area contributed by atoms with E-state index >= 15 is 0 Å². The van der Waals surface area contributed by atoms with Crippen LogP contribution in [-0.2, 0) is 12.8 Å². The molecule has 0 amide bonds. The van der Waals surface area contributed by atoms with Crippen LogP contribution >= 0.6 is 0 Å². The van der Waals surface area contributed by atoms with Gasteiger partial charge in [0.15, 0.2) is 0 Å². The summed E-state index contributed by atoms with van der Waals surface area (Å²) < 4.78 is 6.47. The molecule has 3 rings (SSSR count). The summed E-state index contributed by atoms with van der Waals surface area (Å²) in [6.45, 7) is 4.42. The zero-order valence-corrected chi connectivity index (χ0v) is 15.7. The lowest BCUT2D eigenvalue weighted by molar-refractivity contribution is 0.173. The van der Waals surface area contributed by atoms with E-state index in [4.69, 9.17) is 4.74 Å². The maximum absolute atomic E-state index is 6.47. The highest BCUT2D eigenvalue weighted by molar-refractivity contribution is 5.37. The molecule has 0 N–H and O–H groups in total. The summed E-state index contributed by atoms with van der Waals surface area (Å²) in [7, 11) is 2.20. The molecule has 0 aromatic heterocycles. The average molecular weight is 338 g/mol. The highest BCUT2D eigenvalue weighted by Gasteiger charge is 2.16. The molecule has 2 aromatic carbocycles. The molecule has 0 saturated carbocycles. The molecule has 0 aliphatic heterocycles. The van der Waals surface area contributed by atoms with Crippen LogP contribution in [0.2, 0.25) is 0 Å². The average Bonchev–Trinajstić information content (AvgIpc) is 2.66. The second kappa shape index (κ2) is 9.05. The van der Waals surface area contributed by atoms with E-state index in [2.05, 4.69) is 67.4 Å². The molecule has 2 heteroatoms. The minimum Gasteiger partial charge on any atom is -0.486 e.